The summed E-state index contributed by atoms with van der Waals surface area (Å²) in [4.78, 5) is 21.1. The van der Waals surface area contributed by atoms with Gasteiger partial charge in [0.1, 0.15) is 5.69 Å². The number of aromatic nitrogens is 1. The Bertz CT molecular complexity index is 529. The van der Waals surface area contributed by atoms with Gasteiger partial charge in [0.2, 0.25) is 0 Å². The standard InChI is InChI=1S/C17H27N3O3S/c1-22-8-7-19-9-14(10-23-2)17(12-19)3-5-20(6-4-17)16(21)15-11-24-13-18-15/h11,13-14H,3-10,12H2,1-2H3. The third-order valence-corrected chi connectivity index (χ3v) is 6.15. The molecule has 2 aliphatic heterocycles. The minimum Gasteiger partial charge on any atom is -0.384 e. The van der Waals surface area contributed by atoms with Crippen molar-refractivity contribution in [3.05, 3.63) is 16.6 Å². The van der Waals surface area contributed by atoms with Gasteiger partial charge < -0.3 is 19.3 Å². The number of nitrogens with zero attached hydrogens (tertiary/aromatic N) is 3. The lowest BCUT2D eigenvalue weighted by Gasteiger charge is -2.42. The molecule has 3 heterocycles. The fraction of sp³-hybridized carbons (Fsp3) is 0.765. The van der Waals surface area contributed by atoms with Crippen LogP contribution >= 0.6 is 11.3 Å². The van der Waals surface area contributed by atoms with E-state index in [9.17, 15) is 4.79 Å². The first-order valence-electron chi connectivity index (χ1n) is 8.56. The highest BCUT2D eigenvalue weighted by molar-refractivity contribution is 7.07. The van der Waals surface area contributed by atoms with E-state index in [1.165, 1.54) is 11.3 Å². The molecule has 24 heavy (non-hydrogen) atoms. The SMILES string of the molecule is COCCN1CC(COC)C2(CCN(C(=O)c3cscn3)CC2)C1. The van der Waals surface area contributed by atoms with Gasteiger partial charge in [0, 0.05) is 58.2 Å². The van der Waals surface area contributed by atoms with Crippen LogP contribution in [0, 0.1) is 11.3 Å². The second-order valence-corrected chi connectivity index (χ2v) is 7.63. The van der Waals surface area contributed by atoms with E-state index in [0.717, 1.165) is 58.8 Å². The first kappa shape index (κ1) is 17.8. The number of carbonyl (C=O) groups excluding carboxylic acids is 1. The average molecular weight is 353 g/mol. The Kier molecular flexibility index (Phi) is 5.86. The molecule has 2 aliphatic rings. The number of amides is 1. The van der Waals surface area contributed by atoms with Crippen molar-refractivity contribution in [2.24, 2.45) is 11.3 Å². The largest absolute Gasteiger partial charge is 0.384 e. The van der Waals surface area contributed by atoms with E-state index in [-0.39, 0.29) is 11.3 Å². The Hall–Kier alpha value is -1.02. The third kappa shape index (κ3) is 3.64. The molecule has 0 N–H and O–H groups in total. The van der Waals surface area contributed by atoms with Gasteiger partial charge in [0.25, 0.3) is 5.91 Å². The minimum atomic E-state index is 0.0728. The van der Waals surface area contributed by atoms with Crippen molar-refractivity contribution in [2.45, 2.75) is 12.8 Å². The van der Waals surface area contributed by atoms with Crippen LogP contribution in [0.25, 0.3) is 0 Å². The summed E-state index contributed by atoms with van der Waals surface area (Å²) in [5.41, 5.74) is 2.57. The number of likely N-dealkylation sites (tertiary alicyclic amines) is 2. The highest BCUT2D eigenvalue weighted by Gasteiger charge is 2.48. The molecule has 134 valence electrons. The highest BCUT2D eigenvalue weighted by atomic mass is 32.1. The van der Waals surface area contributed by atoms with Crippen LogP contribution in [0.1, 0.15) is 23.3 Å². The van der Waals surface area contributed by atoms with Gasteiger partial charge in [-0.25, -0.2) is 4.98 Å². The molecule has 1 spiro atoms. The van der Waals surface area contributed by atoms with E-state index in [1.54, 1.807) is 19.7 Å². The lowest BCUT2D eigenvalue weighted by atomic mass is 9.71. The van der Waals surface area contributed by atoms with Gasteiger partial charge in [-0.1, -0.05) is 0 Å². The van der Waals surface area contributed by atoms with E-state index in [0.29, 0.717) is 11.6 Å². The Morgan fingerprint density at radius 3 is 2.79 bits per heavy atom. The molecule has 0 aliphatic carbocycles. The van der Waals surface area contributed by atoms with Crippen LogP contribution in [0.15, 0.2) is 10.9 Å². The maximum atomic E-state index is 12.5. The van der Waals surface area contributed by atoms with Crippen LogP contribution in [0.4, 0.5) is 0 Å². The lowest BCUT2D eigenvalue weighted by Crippen LogP contribution is -2.47. The van der Waals surface area contributed by atoms with Crippen LogP contribution in [-0.2, 0) is 9.47 Å². The number of thiazole rings is 1. The monoisotopic (exact) mass is 353 g/mol. The molecule has 0 radical (unpaired) electrons. The zero-order valence-electron chi connectivity index (χ0n) is 14.6. The molecular weight excluding hydrogens is 326 g/mol. The second-order valence-electron chi connectivity index (χ2n) is 6.91. The number of piperidine rings is 1. The molecule has 1 atom stereocenters. The zero-order chi connectivity index (χ0) is 17.0. The fourth-order valence-electron chi connectivity index (χ4n) is 4.17. The maximum Gasteiger partial charge on any atom is 0.273 e. The summed E-state index contributed by atoms with van der Waals surface area (Å²) in [5.74, 6) is 0.611. The first-order chi connectivity index (χ1) is 11.7. The number of rotatable bonds is 6. The summed E-state index contributed by atoms with van der Waals surface area (Å²) < 4.78 is 10.7. The van der Waals surface area contributed by atoms with Crippen LogP contribution < -0.4 is 0 Å². The second kappa shape index (κ2) is 7.91. The summed E-state index contributed by atoms with van der Waals surface area (Å²) in [6.07, 6.45) is 2.08. The van der Waals surface area contributed by atoms with Crippen LogP contribution in [-0.4, -0.2) is 80.8 Å². The summed E-state index contributed by atoms with van der Waals surface area (Å²) >= 11 is 1.47. The predicted molar refractivity (Wildman–Crippen MR) is 93.4 cm³/mol. The summed E-state index contributed by atoms with van der Waals surface area (Å²) in [7, 11) is 3.54. The zero-order valence-corrected chi connectivity index (χ0v) is 15.4. The van der Waals surface area contributed by atoms with Crippen molar-refractivity contribution in [2.75, 3.05) is 60.2 Å². The van der Waals surface area contributed by atoms with E-state index >= 15 is 0 Å². The lowest BCUT2D eigenvalue weighted by molar-refractivity contribution is 0.0318. The Morgan fingerprint density at radius 2 is 2.17 bits per heavy atom. The molecular formula is C17H27N3O3S. The van der Waals surface area contributed by atoms with Crippen molar-refractivity contribution in [3.8, 4) is 0 Å². The molecule has 3 rings (SSSR count). The number of hydrogen-bond acceptors (Lipinski definition) is 6. The van der Waals surface area contributed by atoms with Crippen molar-refractivity contribution in [1.82, 2.24) is 14.8 Å². The number of methoxy groups -OCH3 is 2. The molecule has 1 aromatic rings. The maximum absolute atomic E-state index is 12.5. The van der Waals surface area contributed by atoms with Crippen molar-refractivity contribution < 1.29 is 14.3 Å². The predicted octanol–water partition coefficient (Wildman–Crippen LogP) is 1.59. The van der Waals surface area contributed by atoms with E-state index in [4.69, 9.17) is 9.47 Å². The minimum absolute atomic E-state index is 0.0728. The molecule has 0 aromatic carbocycles. The fourth-order valence-corrected chi connectivity index (χ4v) is 4.69. The molecule has 0 saturated carbocycles. The van der Waals surface area contributed by atoms with Crippen LogP contribution in [0.2, 0.25) is 0 Å². The van der Waals surface area contributed by atoms with E-state index in [1.807, 2.05) is 10.3 Å². The number of carbonyl (C=O) groups is 1. The number of ether oxygens (including phenoxy) is 2. The smallest absolute Gasteiger partial charge is 0.273 e. The molecule has 1 unspecified atom stereocenters. The van der Waals surface area contributed by atoms with E-state index < -0.39 is 0 Å². The van der Waals surface area contributed by atoms with Gasteiger partial charge in [-0.15, -0.1) is 11.3 Å². The third-order valence-electron chi connectivity index (χ3n) is 5.56. The average Bonchev–Trinajstić information content (AvgIpc) is 3.23. The van der Waals surface area contributed by atoms with Gasteiger partial charge >= 0.3 is 0 Å². The van der Waals surface area contributed by atoms with E-state index in [2.05, 4.69) is 9.88 Å². The normalized spacial score (nSPS) is 23.9. The summed E-state index contributed by atoms with van der Waals surface area (Å²) in [5, 5.41) is 1.84. The van der Waals surface area contributed by atoms with Gasteiger partial charge in [-0.2, -0.15) is 0 Å². The quantitative estimate of drug-likeness (QED) is 0.777. The Balaban J connectivity index is 1.62. The Morgan fingerprint density at radius 1 is 1.38 bits per heavy atom. The molecule has 6 nitrogen and oxygen atoms in total. The first-order valence-corrected chi connectivity index (χ1v) is 9.50. The van der Waals surface area contributed by atoms with Gasteiger partial charge in [0.15, 0.2) is 0 Å². The Labute approximate surface area is 147 Å². The number of hydrogen-bond donors (Lipinski definition) is 0. The topological polar surface area (TPSA) is 54.9 Å². The highest BCUT2D eigenvalue weighted by Crippen LogP contribution is 2.44. The molecule has 0 bridgehead atoms. The van der Waals surface area contributed by atoms with Crippen molar-refractivity contribution in [1.29, 1.82) is 0 Å². The van der Waals surface area contributed by atoms with Crippen LogP contribution in [0.5, 0.6) is 0 Å². The molecule has 7 heteroatoms. The summed E-state index contributed by atoms with van der Waals surface area (Å²) in [6, 6.07) is 0. The molecule has 2 saturated heterocycles. The van der Waals surface area contributed by atoms with Gasteiger partial charge in [0.05, 0.1) is 18.7 Å². The van der Waals surface area contributed by atoms with Gasteiger partial charge in [-0.3, -0.25) is 4.79 Å². The molecule has 1 aromatic heterocycles. The van der Waals surface area contributed by atoms with Crippen LogP contribution in [0.3, 0.4) is 0 Å². The molecule has 1 amide bonds. The molecule has 2 fully saturated rings. The van der Waals surface area contributed by atoms with Crippen molar-refractivity contribution >= 4 is 17.2 Å². The summed E-state index contributed by atoms with van der Waals surface area (Å²) in [6.45, 7) is 6.32. The van der Waals surface area contributed by atoms with Gasteiger partial charge in [-0.05, 0) is 18.3 Å². The van der Waals surface area contributed by atoms with Crippen molar-refractivity contribution in [3.63, 3.8) is 0 Å².